The van der Waals surface area contributed by atoms with Gasteiger partial charge in [0.2, 0.25) is 11.9 Å². The lowest BCUT2D eigenvalue weighted by Crippen LogP contribution is -2.11. The van der Waals surface area contributed by atoms with Crippen molar-refractivity contribution in [2.75, 3.05) is 23.7 Å². The first-order valence-electron chi connectivity index (χ1n) is 5.06. The Bertz CT molecular complexity index is 494. The Labute approximate surface area is 98.1 Å². The van der Waals surface area contributed by atoms with Crippen molar-refractivity contribution in [3.05, 3.63) is 0 Å². The van der Waals surface area contributed by atoms with Crippen LogP contribution in [0.25, 0.3) is 5.78 Å². The fourth-order valence-corrected chi connectivity index (χ4v) is 1.54. The summed E-state index contributed by atoms with van der Waals surface area (Å²) in [7, 11) is 0. The lowest BCUT2D eigenvalue weighted by molar-refractivity contribution is 0.892. The second-order valence-electron chi connectivity index (χ2n) is 3.07. The summed E-state index contributed by atoms with van der Waals surface area (Å²) in [6.07, 6.45) is 0. The quantitative estimate of drug-likeness (QED) is 0.681. The summed E-state index contributed by atoms with van der Waals surface area (Å²) in [6.45, 7) is 5.48. The van der Waals surface area contributed by atoms with Crippen molar-refractivity contribution in [1.82, 2.24) is 24.6 Å². The average molecular weight is 239 g/mol. The minimum Gasteiger partial charge on any atom is -0.355 e. The van der Waals surface area contributed by atoms with E-state index in [1.165, 1.54) is 0 Å². The summed E-state index contributed by atoms with van der Waals surface area (Å²) < 4.78 is 1.66. The standard InChI is InChI=1S/C8H13N7S/c1-3-9-5-11-6(10-4-2)15-7(12-5)13-14-8(15)16/h3-4H2,1-2H3,(H,14,16)(H2,9,10,11,12,13). The smallest absolute Gasteiger partial charge is 0.261 e. The van der Waals surface area contributed by atoms with Gasteiger partial charge in [0, 0.05) is 13.1 Å². The second-order valence-corrected chi connectivity index (χ2v) is 3.47. The molecule has 2 heterocycles. The molecule has 2 N–H and O–H groups in total. The molecular formula is C8H13N7S. The van der Waals surface area contributed by atoms with Gasteiger partial charge < -0.3 is 10.6 Å². The Morgan fingerprint density at radius 3 is 2.56 bits per heavy atom. The maximum absolute atomic E-state index is 4.31. The molecule has 0 bridgehead atoms. The van der Waals surface area contributed by atoms with Crippen molar-refractivity contribution in [3.63, 3.8) is 0 Å². The van der Waals surface area contributed by atoms with Crippen LogP contribution in [0, 0.1) is 0 Å². The zero-order valence-electron chi connectivity index (χ0n) is 9.10. The van der Waals surface area contributed by atoms with E-state index in [0.29, 0.717) is 22.8 Å². The molecule has 2 aromatic rings. The van der Waals surface area contributed by atoms with E-state index < -0.39 is 0 Å². The lowest BCUT2D eigenvalue weighted by Gasteiger charge is -2.08. The summed E-state index contributed by atoms with van der Waals surface area (Å²) in [6, 6.07) is 0. The number of nitrogens with one attached hydrogen (secondary N) is 2. The van der Waals surface area contributed by atoms with Gasteiger partial charge in [-0.3, -0.25) is 0 Å². The molecule has 0 radical (unpaired) electrons. The molecule has 7 nitrogen and oxygen atoms in total. The van der Waals surface area contributed by atoms with Crippen molar-refractivity contribution < 1.29 is 0 Å². The predicted molar refractivity (Wildman–Crippen MR) is 64.2 cm³/mol. The first-order chi connectivity index (χ1) is 7.76. The van der Waals surface area contributed by atoms with Gasteiger partial charge in [-0.25, -0.2) is 4.40 Å². The van der Waals surface area contributed by atoms with Gasteiger partial charge in [0.1, 0.15) is 0 Å². The largest absolute Gasteiger partial charge is 0.355 e. The second kappa shape index (κ2) is 4.52. The third-order valence-electron chi connectivity index (χ3n) is 1.93. The topological polar surface area (TPSA) is 80.0 Å². The molecule has 0 aliphatic carbocycles. The van der Waals surface area contributed by atoms with Crippen LogP contribution in [0.3, 0.4) is 0 Å². The van der Waals surface area contributed by atoms with Crippen LogP contribution >= 0.6 is 12.6 Å². The van der Waals surface area contributed by atoms with E-state index in [1.807, 2.05) is 13.8 Å². The van der Waals surface area contributed by atoms with Crippen LogP contribution in [0.5, 0.6) is 0 Å². The maximum atomic E-state index is 4.31. The molecule has 2 rings (SSSR count). The summed E-state index contributed by atoms with van der Waals surface area (Å²) in [5, 5.41) is 14.4. The Hall–Kier alpha value is -1.57. The number of fused-ring (bicyclic) bond motifs is 1. The molecule has 0 aromatic carbocycles. The summed E-state index contributed by atoms with van der Waals surface area (Å²) in [4.78, 5) is 8.52. The van der Waals surface area contributed by atoms with Crippen molar-refractivity contribution >= 4 is 30.3 Å². The Morgan fingerprint density at radius 1 is 1.12 bits per heavy atom. The number of aromatic nitrogens is 5. The van der Waals surface area contributed by atoms with E-state index in [0.717, 1.165) is 13.1 Å². The van der Waals surface area contributed by atoms with Crippen molar-refractivity contribution in [3.8, 4) is 0 Å². The normalized spacial score (nSPS) is 10.7. The zero-order valence-corrected chi connectivity index (χ0v) is 9.99. The van der Waals surface area contributed by atoms with Gasteiger partial charge in [0.05, 0.1) is 0 Å². The minimum atomic E-state index is 0.467. The van der Waals surface area contributed by atoms with Gasteiger partial charge >= 0.3 is 0 Å². The first kappa shape index (κ1) is 10.9. The van der Waals surface area contributed by atoms with Crippen molar-refractivity contribution in [1.29, 1.82) is 0 Å². The van der Waals surface area contributed by atoms with Gasteiger partial charge in [-0.2, -0.15) is 9.97 Å². The highest BCUT2D eigenvalue weighted by atomic mass is 32.1. The molecule has 0 atom stereocenters. The van der Waals surface area contributed by atoms with Gasteiger partial charge in [-0.15, -0.1) is 22.8 Å². The van der Waals surface area contributed by atoms with Crippen LogP contribution < -0.4 is 10.6 Å². The Kier molecular flexibility index (Phi) is 3.09. The van der Waals surface area contributed by atoms with Gasteiger partial charge in [0.25, 0.3) is 5.78 Å². The van der Waals surface area contributed by atoms with E-state index in [-0.39, 0.29) is 0 Å². The molecule has 0 aliphatic heterocycles. The lowest BCUT2D eigenvalue weighted by atomic mass is 10.7. The molecular weight excluding hydrogens is 226 g/mol. The predicted octanol–water partition coefficient (Wildman–Crippen LogP) is 0.672. The van der Waals surface area contributed by atoms with Crippen LogP contribution in [0.15, 0.2) is 5.16 Å². The van der Waals surface area contributed by atoms with E-state index in [9.17, 15) is 0 Å². The minimum absolute atomic E-state index is 0.467. The van der Waals surface area contributed by atoms with E-state index >= 15 is 0 Å². The molecule has 8 heteroatoms. The number of thiol groups is 1. The number of hydrogen-bond donors (Lipinski definition) is 3. The summed E-state index contributed by atoms with van der Waals surface area (Å²) >= 11 is 4.20. The number of nitrogens with zero attached hydrogens (tertiary/aromatic N) is 5. The summed E-state index contributed by atoms with van der Waals surface area (Å²) in [5.74, 6) is 1.65. The van der Waals surface area contributed by atoms with E-state index in [4.69, 9.17) is 0 Å². The van der Waals surface area contributed by atoms with E-state index in [1.54, 1.807) is 4.40 Å². The third-order valence-corrected chi connectivity index (χ3v) is 2.22. The Morgan fingerprint density at radius 2 is 1.88 bits per heavy atom. The third kappa shape index (κ3) is 1.87. The molecule has 0 fully saturated rings. The molecule has 0 aliphatic rings. The van der Waals surface area contributed by atoms with Gasteiger partial charge in [-0.05, 0) is 13.8 Å². The summed E-state index contributed by atoms with van der Waals surface area (Å²) in [5.41, 5.74) is 0. The molecule has 0 saturated carbocycles. The molecule has 2 aromatic heterocycles. The highest BCUT2D eigenvalue weighted by Crippen LogP contribution is 2.14. The van der Waals surface area contributed by atoms with Crippen molar-refractivity contribution in [2.45, 2.75) is 19.0 Å². The molecule has 16 heavy (non-hydrogen) atoms. The SMILES string of the molecule is CCNc1nc(NCC)n2c(S)nnc2n1. The van der Waals surface area contributed by atoms with Crippen LogP contribution in [-0.2, 0) is 0 Å². The monoisotopic (exact) mass is 239 g/mol. The van der Waals surface area contributed by atoms with Crippen LogP contribution in [0.2, 0.25) is 0 Å². The van der Waals surface area contributed by atoms with Crippen molar-refractivity contribution in [2.24, 2.45) is 0 Å². The Balaban J connectivity index is 2.56. The highest BCUT2D eigenvalue weighted by molar-refractivity contribution is 7.80. The maximum Gasteiger partial charge on any atom is 0.261 e. The molecule has 0 spiro atoms. The number of anilines is 2. The molecule has 0 amide bonds. The first-order valence-corrected chi connectivity index (χ1v) is 5.50. The van der Waals surface area contributed by atoms with Gasteiger partial charge in [-0.1, -0.05) is 0 Å². The van der Waals surface area contributed by atoms with Gasteiger partial charge in [0.15, 0.2) is 5.16 Å². The zero-order chi connectivity index (χ0) is 11.5. The molecule has 86 valence electrons. The highest BCUT2D eigenvalue weighted by Gasteiger charge is 2.11. The average Bonchev–Trinajstić information content (AvgIpc) is 2.61. The molecule has 0 saturated heterocycles. The fraction of sp³-hybridized carbons (Fsp3) is 0.500. The van der Waals surface area contributed by atoms with E-state index in [2.05, 4.69) is 43.4 Å². The number of hydrogen-bond acceptors (Lipinski definition) is 7. The van der Waals surface area contributed by atoms with Crippen LogP contribution in [-0.4, -0.2) is 37.7 Å². The fourth-order valence-electron chi connectivity index (χ4n) is 1.31. The molecule has 0 unspecified atom stereocenters. The van der Waals surface area contributed by atoms with Crippen LogP contribution in [0.4, 0.5) is 11.9 Å². The number of rotatable bonds is 4. The van der Waals surface area contributed by atoms with Crippen LogP contribution in [0.1, 0.15) is 13.8 Å².